The molecular weight excluding hydrogens is 390 g/mol. The molecule has 5 heteroatoms. The molecule has 4 aromatic rings. The van der Waals surface area contributed by atoms with Gasteiger partial charge in [-0.15, -0.1) is 0 Å². The average molecular weight is 409 g/mol. The highest BCUT2D eigenvalue weighted by Crippen LogP contribution is 2.29. The Kier molecular flexibility index (Phi) is 5.49. The number of carbonyl (C=O) groups excluding carboxylic acids is 1. The van der Waals surface area contributed by atoms with Crippen LogP contribution in [0.2, 0.25) is 0 Å². The van der Waals surface area contributed by atoms with E-state index in [2.05, 4.69) is 5.32 Å². The maximum Gasteiger partial charge on any atom is 0.337 e. The SMILES string of the molecule is O=C(Nc1cc(-c2ccccc2)ccc1C(=O)O)c1ccc(-c2ccccc2O)cc1. The Morgan fingerprint density at radius 1 is 0.677 bits per heavy atom. The van der Waals surface area contributed by atoms with Gasteiger partial charge in [-0.2, -0.15) is 0 Å². The van der Waals surface area contributed by atoms with Crippen molar-refractivity contribution in [1.82, 2.24) is 0 Å². The molecule has 0 saturated carbocycles. The molecule has 0 bridgehead atoms. The predicted molar refractivity (Wildman–Crippen MR) is 120 cm³/mol. The monoisotopic (exact) mass is 409 g/mol. The summed E-state index contributed by atoms with van der Waals surface area (Å²) < 4.78 is 0. The third-order valence-electron chi connectivity index (χ3n) is 4.97. The van der Waals surface area contributed by atoms with Crippen molar-refractivity contribution in [2.24, 2.45) is 0 Å². The fraction of sp³-hybridized carbons (Fsp3) is 0. The molecule has 0 atom stereocenters. The number of hydrogen-bond donors (Lipinski definition) is 3. The number of benzene rings is 4. The number of amides is 1. The number of anilines is 1. The molecule has 0 aliphatic rings. The standard InChI is InChI=1S/C26H19NO4/c28-24-9-5-4-8-21(24)18-10-12-19(13-11-18)25(29)27-23-16-20(14-15-22(23)26(30)31)17-6-2-1-3-7-17/h1-16,28H,(H,27,29)(H,30,31). The van der Waals surface area contributed by atoms with Gasteiger partial charge in [-0.05, 0) is 47.0 Å². The molecule has 0 heterocycles. The highest BCUT2D eigenvalue weighted by atomic mass is 16.4. The van der Waals surface area contributed by atoms with E-state index in [1.165, 1.54) is 6.07 Å². The summed E-state index contributed by atoms with van der Waals surface area (Å²) in [4.78, 5) is 24.4. The lowest BCUT2D eigenvalue weighted by Crippen LogP contribution is -2.15. The first-order valence-electron chi connectivity index (χ1n) is 9.65. The molecule has 4 aromatic carbocycles. The first-order chi connectivity index (χ1) is 15.0. The number of carbonyl (C=O) groups is 2. The van der Waals surface area contributed by atoms with Gasteiger partial charge < -0.3 is 15.5 Å². The molecule has 0 fully saturated rings. The molecule has 4 rings (SSSR count). The summed E-state index contributed by atoms with van der Waals surface area (Å²) in [7, 11) is 0. The van der Waals surface area contributed by atoms with Crippen LogP contribution in [0.4, 0.5) is 5.69 Å². The smallest absolute Gasteiger partial charge is 0.337 e. The lowest BCUT2D eigenvalue weighted by Gasteiger charge is -2.12. The van der Waals surface area contributed by atoms with Gasteiger partial charge in [0, 0.05) is 11.1 Å². The van der Waals surface area contributed by atoms with Crippen molar-refractivity contribution in [1.29, 1.82) is 0 Å². The minimum Gasteiger partial charge on any atom is -0.507 e. The molecule has 0 saturated heterocycles. The van der Waals surface area contributed by atoms with E-state index in [0.29, 0.717) is 11.1 Å². The summed E-state index contributed by atoms with van der Waals surface area (Å²) in [6.07, 6.45) is 0. The molecule has 152 valence electrons. The highest BCUT2D eigenvalue weighted by molar-refractivity contribution is 6.08. The zero-order chi connectivity index (χ0) is 21.8. The van der Waals surface area contributed by atoms with Gasteiger partial charge in [-0.3, -0.25) is 4.79 Å². The van der Waals surface area contributed by atoms with Crippen LogP contribution >= 0.6 is 0 Å². The molecule has 5 nitrogen and oxygen atoms in total. The molecule has 0 radical (unpaired) electrons. The predicted octanol–water partition coefficient (Wildman–Crippen LogP) is 5.68. The minimum absolute atomic E-state index is 0.0128. The number of rotatable bonds is 5. The van der Waals surface area contributed by atoms with Crippen molar-refractivity contribution in [2.75, 3.05) is 5.32 Å². The lowest BCUT2D eigenvalue weighted by molar-refractivity contribution is 0.0698. The number of phenolic OH excluding ortho intramolecular Hbond substituents is 1. The number of aromatic carboxylic acids is 1. The normalized spacial score (nSPS) is 10.5. The average Bonchev–Trinajstić information content (AvgIpc) is 2.80. The van der Waals surface area contributed by atoms with Crippen molar-refractivity contribution < 1.29 is 19.8 Å². The van der Waals surface area contributed by atoms with Gasteiger partial charge in [0.1, 0.15) is 5.75 Å². The first kappa shape index (κ1) is 19.9. The van der Waals surface area contributed by atoms with E-state index in [1.807, 2.05) is 36.4 Å². The van der Waals surface area contributed by atoms with Gasteiger partial charge in [0.15, 0.2) is 0 Å². The summed E-state index contributed by atoms with van der Waals surface area (Å²) in [5.74, 6) is -1.38. The van der Waals surface area contributed by atoms with E-state index in [4.69, 9.17) is 0 Å². The number of para-hydroxylation sites is 1. The van der Waals surface area contributed by atoms with Crippen LogP contribution in [0.1, 0.15) is 20.7 Å². The largest absolute Gasteiger partial charge is 0.507 e. The van der Waals surface area contributed by atoms with Crippen molar-refractivity contribution in [2.45, 2.75) is 0 Å². The minimum atomic E-state index is -1.12. The molecule has 3 N–H and O–H groups in total. The quantitative estimate of drug-likeness (QED) is 0.396. The fourth-order valence-electron chi connectivity index (χ4n) is 3.36. The third kappa shape index (κ3) is 4.31. The van der Waals surface area contributed by atoms with Crippen molar-refractivity contribution in [3.8, 4) is 28.0 Å². The van der Waals surface area contributed by atoms with Crippen molar-refractivity contribution in [3.05, 3.63) is 108 Å². The van der Waals surface area contributed by atoms with Crippen LogP contribution in [0.3, 0.4) is 0 Å². The van der Waals surface area contributed by atoms with Crippen LogP contribution in [0, 0.1) is 0 Å². The summed E-state index contributed by atoms with van der Waals surface area (Å²) in [5.41, 5.74) is 3.77. The molecule has 0 aliphatic heterocycles. The van der Waals surface area contributed by atoms with E-state index >= 15 is 0 Å². The van der Waals surface area contributed by atoms with E-state index < -0.39 is 11.9 Å². The number of aromatic hydroxyl groups is 1. The molecule has 1 amide bonds. The Hall–Kier alpha value is -4.38. The van der Waals surface area contributed by atoms with Crippen LogP contribution in [0.15, 0.2) is 97.1 Å². The first-order valence-corrected chi connectivity index (χ1v) is 9.65. The number of nitrogens with one attached hydrogen (secondary N) is 1. The molecule has 31 heavy (non-hydrogen) atoms. The summed E-state index contributed by atoms with van der Waals surface area (Å²) in [6, 6.07) is 28.1. The van der Waals surface area contributed by atoms with Gasteiger partial charge in [-0.25, -0.2) is 4.79 Å². The summed E-state index contributed by atoms with van der Waals surface area (Å²) in [5, 5.41) is 22.2. The van der Waals surface area contributed by atoms with Crippen LogP contribution in [-0.2, 0) is 0 Å². The number of phenols is 1. The Bertz CT molecular complexity index is 1250. The topological polar surface area (TPSA) is 86.6 Å². The van der Waals surface area contributed by atoms with Crippen molar-refractivity contribution >= 4 is 17.6 Å². The number of carboxylic acid groups (broad SMARTS) is 1. The van der Waals surface area contributed by atoms with Crippen LogP contribution in [-0.4, -0.2) is 22.1 Å². The van der Waals surface area contributed by atoms with Crippen LogP contribution in [0.25, 0.3) is 22.3 Å². The second kappa shape index (κ2) is 8.55. The zero-order valence-corrected chi connectivity index (χ0v) is 16.4. The van der Waals surface area contributed by atoms with Gasteiger partial charge in [0.25, 0.3) is 5.91 Å². The maximum absolute atomic E-state index is 12.8. The van der Waals surface area contributed by atoms with Gasteiger partial charge >= 0.3 is 5.97 Å². The molecule has 0 unspecified atom stereocenters. The van der Waals surface area contributed by atoms with Gasteiger partial charge in [-0.1, -0.05) is 66.7 Å². The van der Waals surface area contributed by atoms with Crippen LogP contribution < -0.4 is 5.32 Å². The Morgan fingerprint density at radius 2 is 1.32 bits per heavy atom. The summed E-state index contributed by atoms with van der Waals surface area (Å²) in [6.45, 7) is 0. The van der Waals surface area contributed by atoms with E-state index in [9.17, 15) is 19.8 Å². The Morgan fingerprint density at radius 3 is 2.00 bits per heavy atom. The van der Waals surface area contributed by atoms with Crippen molar-refractivity contribution in [3.63, 3.8) is 0 Å². The van der Waals surface area contributed by atoms with Gasteiger partial charge in [0.2, 0.25) is 0 Å². The van der Waals surface area contributed by atoms with E-state index in [-0.39, 0.29) is 17.0 Å². The lowest BCUT2D eigenvalue weighted by atomic mass is 10.0. The van der Waals surface area contributed by atoms with E-state index in [1.54, 1.807) is 54.6 Å². The molecular formula is C26H19NO4. The highest BCUT2D eigenvalue weighted by Gasteiger charge is 2.15. The Balaban J connectivity index is 1.62. The van der Waals surface area contributed by atoms with Crippen LogP contribution in [0.5, 0.6) is 5.75 Å². The zero-order valence-electron chi connectivity index (χ0n) is 16.4. The summed E-state index contributed by atoms with van der Waals surface area (Å²) >= 11 is 0. The fourth-order valence-corrected chi connectivity index (χ4v) is 3.36. The molecule has 0 spiro atoms. The second-order valence-corrected chi connectivity index (χ2v) is 6.98. The number of hydrogen-bond acceptors (Lipinski definition) is 3. The number of carboxylic acids is 1. The Labute approximate surface area is 179 Å². The third-order valence-corrected chi connectivity index (χ3v) is 4.97. The van der Waals surface area contributed by atoms with Gasteiger partial charge in [0.05, 0.1) is 11.3 Å². The molecule has 0 aromatic heterocycles. The second-order valence-electron chi connectivity index (χ2n) is 6.98. The molecule has 0 aliphatic carbocycles. The van der Waals surface area contributed by atoms with E-state index in [0.717, 1.165) is 16.7 Å². The maximum atomic E-state index is 12.8.